The summed E-state index contributed by atoms with van der Waals surface area (Å²) in [6.45, 7) is 2.27. The van der Waals surface area contributed by atoms with Crippen LogP contribution in [-0.2, 0) is 17.6 Å². The molecule has 1 N–H and O–H groups in total. The Morgan fingerprint density at radius 1 is 1.29 bits per heavy atom. The molecule has 0 radical (unpaired) electrons. The Kier molecular flexibility index (Phi) is 2.97. The SMILES string of the molecule is CCC1CC1Cc1ccc2c(Cl)c3c(cc2c1)NC(=O)C3. The fraction of sp³-hybridized carbons (Fsp3) is 0.389. The second-order valence-electron chi connectivity index (χ2n) is 6.37. The van der Waals surface area contributed by atoms with Crippen LogP contribution in [0.4, 0.5) is 5.69 Å². The van der Waals surface area contributed by atoms with Crippen molar-refractivity contribution in [2.75, 3.05) is 5.32 Å². The second kappa shape index (κ2) is 4.74. The predicted molar refractivity (Wildman–Crippen MR) is 86.9 cm³/mol. The van der Waals surface area contributed by atoms with Crippen LogP contribution in [0.1, 0.15) is 30.9 Å². The third kappa shape index (κ3) is 2.22. The average molecular weight is 300 g/mol. The highest BCUT2D eigenvalue weighted by molar-refractivity contribution is 6.37. The van der Waals surface area contributed by atoms with Gasteiger partial charge in [-0.1, -0.05) is 43.1 Å². The number of fused-ring (bicyclic) bond motifs is 2. The molecule has 1 fully saturated rings. The summed E-state index contributed by atoms with van der Waals surface area (Å²) in [4.78, 5) is 11.6. The molecular formula is C18H18ClNO. The first-order chi connectivity index (χ1) is 10.2. The minimum Gasteiger partial charge on any atom is -0.325 e. The molecule has 1 heterocycles. The van der Waals surface area contributed by atoms with Gasteiger partial charge in [-0.3, -0.25) is 4.79 Å². The molecule has 2 aliphatic rings. The number of benzene rings is 2. The summed E-state index contributed by atoms with van der Waals surface area (Å²) >= 11 is 6.48. The Morgan fingerprint density at radius 2 is 2.14 bits per heavy atom. The van der Waals surface area contributed by atoms with Crippen molar-refractivity contribution in [3.05, 3.63) is 40.4 Å². The summed E-state index contributed by atoms with van der Waals surface area (Å²) < 4.78 is 0. The third-order valence-corrected chi connectivity index (χ3v) is 5.38. The Morgan fingerprint density at radius 3 is 2.90 bits per heavy atom. The standard InChI is InChI=1S/C18H18ClNO/c1-2-11-7-12(11)5-10-3-4-14-13(6-10)8-16-15(18(14)19)9-17(21)20-16/h3-4,6,8,11-12H,2,5,7,9H2,1H3,(H,20,21). The number of amides is 1. The fourth-order valence-corrected chi connectivity index (χ4v) is 3.92. The first-order valence-corrected chi connectivity index (χ1v) is 8.07. The number of anilines is 1. The van der Waals surface area contributed by atoms with E-state index in [4.69, 9.17) is 11.6 Å². The minimum absolute atomic E-state index is 0.0335. The highest BCUT2D eigenvalue weighted by Gasteiger charge is 2.34. The minimum atomic E-state index is 0.0335. The molecular weight excluding hydrogens is 282 g/mol. The summed E-state index contributed by atoms with van der Waals surface area (Å²) in [6, 6.07) is 8.60. The normalized spacial score (nSPS) is 23.2. The van der Waals surface area contributed by atoms with E-state index in [9.17, 15) is 4.79 Å². The Balaban J connectivity index is 1.72. The van der Waals surface area contributed by atoms with E-state index in [1.807, 2.05) is 0 Å². The molecule has 2 atom stereocenters. The molecule has 1 aliphatic heterocycles. The zero-order valence-corrected chi connectivity index (χ0v) is 12.8. The number of nitrogens with one attached hydrogen (secondary N) is 1. The maximum Gasteiger partial charge on any atom is 0.228 e. The monoisotopic (exact) mass is 299 g/mol. The summed E-state index contributed by atoms with van der Waals surface area (Å²) in [5.41, 5.74) is 3.20. The van der Waals surface area contributed by atoms with Gasteiger partial charge in [0.15, 0.2) is 0 Å². The number of carbonyl (C=O) groups is 1. The Bertz CT molecular complexity index is 752. The molecule has 2 aromatic carbocycles. The molecule has 0 bridgehead atoms. The van der Waals surface area contributed by atoms with Crippen LogP contribution in [0.15, 0.2) is 24.3 Å². The van der Waals surface area contributed by atoms with Gasteiger partial charge in [-0.15, -0.1) is 0 Å². The maximum absolute atomic E-state index is 11.6. The van der Waals surface area contributed by atoms with E-state index in [0.717, 1.165) is 45.3 Å². The van der Waals surface area contributed by atoms with E-state index < -0.39 is 0 Å². The molecule has 21 heavy (non-hydrogen) atoms. The fourth-order valence-electron chi connectivity index (χ4n) is 3.58. The Labute approximate surface area is 129 Å². The summed E-state index contributed by atoms with van der Waals surface area (Å²) in [5.74, 6) is 1.81. The molecule has 4 rings (SSSR count). The lowest BCUT2D eigenvalue weighted by Crippen LogP contribution is -2.03. The van der Waals surface area contributed by atoms with Gasteiger partial charge in [-0.25, -0.2) is 0 Å². The van der Waals surface area contributed by atoms with Crippen LogP contribution in [0.5, 0.6) is 0 Å². The summed E-state index contributed by atoms with van der Waals surface area (Å²) in [5, 5.41) is 5.81. The molecule has 1 saturated carbocycles. The van der Waals surface area contributed by atoms with Gasteiger partial charge in [-0.2, -0.15) is 0 Å². The topological polar surface area (TPSA) is 29.1 Å². The van der Waals surface area contributed by atoms with Crippen LogP contribution in [-0.4, -0.2) is 5.91 Å². The molecule has 2 nitrogen and oxygen atoms in total. The molecule has 2 unspecified atom stereocenters. The predicted octanol–water partition coefficient (Wildman–Crippen LogP) is 4.58. The summed E-state index contributed by atoms with van der Waals surface area (Å²) in [7, 11) is 0. The smallest absolute Gasteiger partial charge is 0.228 e. The number of carbonyl (C=O) groups excluding carboxylic acids is 1. The molecule has 0 saturated heterocycles. The lowest BCUT2D eigenvalue weighted by Gasteiger charge is -2.09. The average Bonchev–Trinajstić information content (AvgIpc) is 3.10. The highest BCUT2D eigenvalue weighted by Crippen LogP contribution is 2.44. The largest absolute Gasteiger partial charge is 0.325 e. The van der Waals surface area contributed by atoms with Crippen molar-refractivity contribution < 1.29 is 4.79 Å². The van der Waals surface area contributed by atoms with E-state index in [1.165, 1.54) is 18.4 Å². The Hall–Kier alpha value is -1.54. The van der Waals surface area contributed by atoms with Gasteiger partial charge >= 0.3 is 0 Å². The van der Waals surface area contributed by atoms with Crippen molar-refractivity contribution in [2.45, 2.75) is 32.6 Å². The third-order valence-electron chi connectivity index (χ3n) is 4.95. The van der Waals surface area contributed by atoms with Crippen LogP contribution < -0.4 is 5.32 Å². The van der Waals surface area contributed by atoms with Crippen LogP contribution >= 0.6 is 11.6 Å². The molecule has 1 aliphatic carbocycles. The number of hydrogen-bond acceptors (Lipinski definition) is 1. The first kappa shape index (κ1) is 13.1. The van der Waals surface area contributed by atoms with Gasteiger partial charge in [0.25, 0.3) is 0 Å². The van der Waals surface area contributed by atoms with Crippen molar-refractivity contribution >= 4 is 34.0 Å². The van der Waals surface area contributed by atoms with Gasteiger partial charge in [0.1, 0.15) is 0 Å². The van der Waals surface area contributed by atoms with Crippen molar-refractivity contribution in [3.8, 4) is 0 Å². The molecule has 0 aromatic heterocycles. The highest BCUT2D eigenvalue weighted by atomic mass is 35.5. The van der Waals surface area contributed by atoms with Gasteiger partial charge in [0.2, 0.25) is 5.91 Å². The van der Waals surface area contributed by atoms with Crippen LogP contribution in [0.3, 0.4) is 0 Å². The van der Waals surface area contributed by atoms with Gasteiger partial charge in [-0.05, 0) is 41.7 Å². The number of rotatable bonds is 3. The van der Waals surface area contributed by atoms with E-state index in [1.54, 1.807) is 0 Å². The van der Waals surface area contributed by atoms with E-state index in [2.05, 4.69) is 36.5 Å². The molecule has 0 spiro atoms. The zero-order valence-electron chi connectivity index (χ0n) is 12.1. The van der Waals surface area contributed by atoms with E-state index in [-0.39, 0.29) is 5.91 Å². The van der Waals surface area contributed by atoms with Crippen LogP contribution in [0, 0.1) is 11.8 Å². The zero-order chi connectivity index (χ0) is 14.6. The number of hydrogen-bond donors (Lipinski definition) is 1. The van der Waals surface area contributed by atoms with E-state index in [0.29, 0.717) is 6.42 Å². The molecule has 3 heteroatoms. The van der Waals surface area contributed by atoms with Crippen molar-refractivity contribution in [2.24, 2.45) is 11.8 Å². The quantitative estimate of drug-likeness (QED) is 0.883. The van der Waals surface area contributed by atoms with Gasteiger partial charge in [0.05, 0.1) is 11.4 Å². The lowest BCUT2D eigenvalue weighted by atomic mass is 9.99. The van der Waals surface area contributed by atoms with Crippen LogP contribution in [0.25, 0.3) is 10.8 Å². The van der Waals surface area contributed by atoms with Gasteiger partial charge in [0, 0.05) is 16.6 Å². The van der Waals surface area contributed by atoms with Crippen molar-refractivity contribution in [1.29, 1.82) is 0 Å². The van der Waals surface area contributed by atoms with Crippen molar-refractivity contribution in [3.63, 3.8) is 0 Å². The van der Waals surface area contributed by atoms with Crippen molar-refractivity contribution in [1.82, 2.24) is 0 Å². The molecule has 1 amide bonds. The summed E-state index contributed by atoms with van der Waals surface area (Å²) in [6.07, 6.45) is 4.22. The van der Waals surface area contributed by atoms with Gasteiger partial charge < -0.3 is 5.32 Å². The second-order valence-corrected chi connectivity index (χ2v) is 6.74. The van der Waals surface area contributed by atoms with Crippen LogP contribution in [0.2, 0.25) is 5.02 Å². The molecule has 2 aromatic rings. The number of halogens is 1. The lowest BCUT2D eigenvalue weighted by molar-refractivity contribution is -0.115. The molecule has 108 valence electrons. The first-order valence-electron chi connectivity index (χ1n) is 7.69. The van der Waals surface area contributed by atoms with E-state index >= 15 is 0 Å². The maximum atomic E-state index is 11.6.